The van der Waals surface area contributed by atoms with E-state index < -0.39 is 0 Å². The first-order valence-electron chi connectivity index (χ1n) is 11.1. The van der Waals surface area contributed by atoms with Gasteiger partial charge in [-0.1, -0.05) is 47.1 Å². The number of nitrogens with one attached hydrogen (secondary N) is 1. The van der Waals surface area contributed by atoms with Crippen molar-refractivity contribution in [2.75, 3.05) is 11.1 Å². The Hall–Kier alpha value is -5.03. The van der Waals surface area contributed by atoms with E-state index in [-0.39, 0.29) is 24.0 Å². The number of fused-ring (bicyclic) bond motifs is 1. The number of amides is 1. The van der Waals surface area contributed by atoms with Gasteiger partial charge in [-0.25, -0.2) is 9.61 Å². The quantitative estimate of drug-likeness (QED) is 0.324. The molecule has 3 aromatic heterocycles. The minimum Gasteiger partial charge on any atom is -0.379 e. The van der Waals surface area contributed by atoms with Crippen LogP contribution in [0.1, 0.15) is 0 Å². The summed E-state index contributed by atoms with van der Waals surface area (Å²) in [7, 11) is 0. The van der Waals surface area contributed by atoms with Crippen LogP contribution in [0.25, 0.3) is 45.4 Å². The maximum atomic E-state index is 13.1. The summed E-state index contributed by atoms with van der Waals surface area (Å²) in [5.41, 5.74) is 9.52. The van der Waals surface area contributed by atoms with E-state index in [1.54, 1.807) is 41.0 Å². The van der Waals surface area contributed by atoms with E-state index in [0.717, 1.165) is 5.52 Å². The Bertz CT molecular complexity index is 1760. The molecule has 37 heavy (non-hydrogen) atoms. The first kappa shape index (κ1) is 22.4. The van der Waals surface area contributed by atoms with E-state index >= 15 is 0 Å². The van der Waals surface area contributed by atoms with Crippen molar-refractivity contribution in [2.45, 2.75) is 6.54 Å². The molecule has 0 radical (unpaired) electrons. The Labute approximate surface area is 213 Å². The second kappa shape index (κ2) is 9.21. The molecule has 6 rings (SSSR count). The maximum absolute atomic E-state index is 13.1. The number of para-hydroxylation sites is 2. The number of imidazole rings is 1. The van der Waals surface area contributed by atoms with Gasteiger partial charge in [-0.2, -0.15) is 4.98 Å². The van der Waals surface area contributed by atoms with Gasteiger partial charge in [0.25, 0.3) is 5.89 Å². The molecule has 0 fully saturated rings. The zero-order valence-corrected chi connectivity index (χ0v) is 19.8. The normalized spacial score (nSPS) is 11.2. The monoisotopic (exact) mass is 512 g/mol. The van der Waals surface area contributed by atoms with E-state index in [1.165, 1.54) is 0 Å². The lowest BCUT2D eigenvalue weighted by Crippen LogP contribution is -2.19. The maximum Gasteiger partial charge on any atom is 0.258 e. The zero-order valence-electron chi connectivity index (χ0n) is 19.0. The smallest absolute Gasteiger partial charge is 0.258 e. The summed E-state index contributed by atoms with van der Waals surface area (Å²) in [5.74, 6) is 0.895. The summed E-state index contributed by atoms with van der Waals surface area (Å²) >= 11 is 6.06. The first-order chi connectivity index (χ1) is 18.0. The van der Waals surface area contributed by atoms with Crippen LogP contribution in [0.5, 0.6) is 0 Å². The zero-order chi connectivity index (χ0) is 25.4. The SMILES string of the molecule is Nc1nonc1-c1nc2ccccc2n1CC(=O)Nc1cccc(-c2noc(-c3cccc(Cl)c3)n2)c1. The number of hydrogen-bond acceptors (Lipinski definition) is 9. The highest BCUT2D eigenvalue weighted by molar-refractivity contribution is 6.30. The molecule has 1 amide bonds. The van der Waals surface area contributed by atoms with E-state index in [4.69, 9.17) is 26.5 Å². The molecule has 6 aromatic rings. The van der Waals surface area contributed by atoms with E-state index in [9.17, 15) is 4.79 Å². The molecular formula is C25H17ClN8O3. The molecule has 0 saturated carbocycles. The second-order valence-electron chi connectivity index (χ2n) is 8.07. The topological polar surface area (TPSA) is 151 Å². The summed E-state index contributed by atoms with van der Waals surface area (Å²) in [6, 6.07) is 21.7. The van der Waals surface area contributed by atoms with Crippen LogP contribution in [0.2, 0.25) is 5.02 Å². The van der Waals surface area contributed by atoms with Gasteiger partial charge >= 0.3 is 0 Å². The number of aromatic nitrogens is 6. The van der Waals surface area contributed by atoms with Crippen molar-refractivity contribution in [3.8, 4) is 34.4 Å². The van der Waals surface area contributed by atoms with Crippen LogP contribution < -0.4 is 11.1 Å². The fourth-order valence-corrected chi connectivity index (χ4v) is 4.12. The van der Waals surface area contributed by atoms with Gasteiger partial charge < -0.3 is 20.1 Å². The van der Waals surface area contributed by atoms with Gasteiger partial charge in [0.2, 0.25) is 11.7 Å². The predicted molar refractivity (Wildman–Crippen MR) is 136 cm³/mol. The molecular weight excluding hydrogens is 496 g/mol. The van der Waals surface area contributed by atoms with Crippen LogP contribution in [-0.4, -0.2) is 35.9 Å². The number of carbonyl (C=O) groups excluding carboxylic acids is 1. The molecule has 0 aliphatic rings. The van der Waals surface area contributed by atoms with E-state index in [0.29, 0.717) is 44.9 Å². The van der Waals surface area contributed by atoms with Crippen molar-refractivity contribution in [3.05, 3.63) is 77.8 Å². The van der Waals surface area contributed by atoms with Gasteiger partial charge in [0.15, 0.2) is 17.3 Å². The highest BCUT2D eigenvalue weighted by Gasteiger charge is 2.21. The van der Waals surface area contributed by atoms with Crippen molar-refractivity contribution in [1.82, 2.24) is 30.0 Å². The third-order valence-electron chi connectivity index (χ3n) is 5.58. The summed E-state index contributed by atoms with van der Waals surface area (Å²) in [6.45, 7) is -0.0481. The summed E-state index contributed by atoms with van der Waals surface area (Å²) in [5, 5.41) is 15.0. The number of carbonyl (C=O) groups is 1. The number of benzene rings is 3. The van der Waals surface area contributed by atoms with Crippen molar-refractivity contribution in [1.29, 1.82) is 0 Å². The first-order valence-corrected chi connectivity index (χ1v) is 11.5. The highest BCUT2D eigenvalue weighted by Crippen LogP contribution is 2.28. The lowest BCUT2D eigenvalue weighted by Gasteiger charge is -2.09. The summed E-state index contributed by atoms with van der Waals surface area (Å²) in [4.78, 5) is 22.1. The Kier molecular flexibility index (Phi) is 5.58. The van der Waals surface area contributed by atoms with Crippen molar-refractivity contribution < 1.29 is 13.9 Å². The second-order valence-corrected chi connectivity index (χ2v) is 8.51. The molecule has 12 heteroatoms. The highest BCUT2D eigenvalue weighted by atomic mass is 35.5. The van der Waals surface area contributed by atoms with Crippen LogP contribution >= 0.6 is 11.6 Å². The van der Waals surface area contributed by atoms with Gasteiger partial charge in [0.1, 0.15) is 6.54 Å². The number of nitrogen functional groups attached to an aromatic ring is 1. The van der Waals surface area contributed by atoms with Gasteiger partial charge in [-0.05, 0) is 52.8 Å². The number of nitrogens with two attached hydrogens (primary N) is 1. The largest absolute Gasteiger partial charge is 0.379 e. The molecule has 182 valence electrons. The standard InChI is InChI=1S/C25H17ClN8O3/c26-16-7-3-6-15(11-16)25-30-23(33-36-25)14-5-4-8-17(12-14)28-20(35)13-34-19-10-2-1-9-18(19)29-24(34)21-22(27)32-37-31-21/h1-12H,13H2,(H2,27,32)(H,28,35). The molecule has 0 spiro atoms. The van der Waals surface area contributed by atoms with Crippen LogP contribution in [-0.2, 0) is 11.3 Å². The summed E-state index contributed by atoms with van der Waals surface area (Å²) in [6.07, 6.45) is 0. The fraction of sp³-hybridized carbons (Fsp3) is 0.0400. The van der Waals surface area contributed by atoms with Gasteiger partial charge in [0, 0.05) is 21.8 Å². The van der Waals surface area contributed by atoms with Gasteiger partial charge in [-0.15, -0.1) is 0 Å². The number of anilines is 2. The van der Waals surface area contributed by atoms with Crippen molar-refractivity contribution in [3.63, 3.8) is 0 Å². The average Bonchev–Trinajstić information content (AvgIpc) is 3.63. The van der Waals surface area contributed by atoms with Gasteiger partial charge in [0.05, 0.1) is 11.0 Å². The molecule has 11 nitrogen and oxygen atoms in total. The van der Waals surface area contributed by atoms with Crippen LogP contribution in [0.4, 0.5) is 11.5 Å². The molecule has 0 aliphatic heterocycles. The summed E-state index contributed by atoms with van der Waals surface area (Å²) < 4.78 is 11.9. The molecule has 0 unspecified atom stereocenters. The lowest BCUT2D eigenvalue weighted by molar-refractivity contribution is -0.116. The number of hydrogen-bond donors (Lipinski definition) is 2. The van der Waals surface area contributed by atoms with Gasteiger partial charge in [-0.3, -0.25) is 4.79 Å². The molecule has 0 atom stereocenters. The molecule has 0 aliphatic carbocycles. The van der Waals surface area contributed by atoms with Crippen LogP contribution in [0, 0.1) is 0 Å². The number of rotatable bonds is 6. The fourth-order valence-electron chi connectivity index (χ4n) is 3.93. The average molecular weight is 513 g/mol. The third kappa shape index (κ3) is 4.39. The Morgan fingerprint density at radius 1 is 0.946 bits per heavy atom. The number of nitrogens with zero attached hydrogens (tertiary/aromatic N) is 6. The molecule has 0 saturated heterocycles. The van der Waals surface area contributed by atoms with Crippen LogP contribution in [0.3, 0.4) is 0 Å². The minimum atomic E-state index is -0.288. The third-order valence-corrected chi connectivity index (χ3v) is 5.82. The Morgan fingerprint density at radius 3 is 2.62 bits per heavy atom. The minimum absolute atomic E-state index is 0.0481. The lowest BCUT2D eigenvalue weighted by atomic mass is 10.2. The molecule has 3 aromatic carbocycles. The molecule has 0 bridgehead atoms. The predicted octanol–water partition coefficient (Wildman–Crippen LogP) is 4.68. The Morgan fingerprint density at radius 2 is 1.78 bits per heavy atom. The Balaban J connectivity index is 1.25. The number of halogens is 1. The van der Waals surface area contributed by atoms with Crippen molar-refractivity contribution in [2.24, 2.45) is 0 Å². The molecule has 3 heterocycles. The van der Waals surface area contributed by atoms with E-state index in [2.05, 4.69) is 30.8 Å². The van der Waals surface area contributed by atoms with E-state index in [1.807, 2.05) is 36.4 Å². The van der Waals surface area contributed by atoms with Crippen molar-refractivity contribution >= 4 is 40.0 Å². The molecule has 3 N–H and O–H groups in total. The van der Waals surface area contributed by atoms with Crippen LogP contribution in [0.15, 0.2) is 81.9 Å².